The van der Waals surface area contributed by atoms with Crippen molar-refractivity contribution in [3.63, 3.8) is 0 Å². The minimum absolute atomic E-state index is 0.234. The highest BCUT2D eigenvalue weighted by molar-refractivity contribution is 6.05. The molecule has 10 heteroatoms. The number of hydrogen-bond acceptors (Lipinski definition) is 5. The summed E-state index contributed by atoms with van der Waals surface area (Å²) in [7, 11) is 1.58. The van der Waals surface area contributed by atoms with Crippen LogP contribution in [0.15, 0.2) is 54.7 Å². The highest BCUT2D eigenvalue weighted by Crippen LogP contribution is 2.27. The number of carbonyl (C=O) groups is 3. The molecule has 2 aromatic carbocycles. The number of aromatic nitrogens is 1. The van der Waals surface area contributed by atoms with E-state index in [1.165, 1.54) is 15.7 Å². The van der Waals surface area contributed by atoms with Crippen LogP contribution >= 0.6 is 0 Å². The number of anilines is 1. The van der Waals surface area contributed by atoms with Crippen molar-refractivity contribution >= 4 is 34.6 Å². The lowest BCUT2D eigenvalue weighted by molar-refractivity contribution is -0.124. The molecule has 0 radical (unpaired) electrons. The third-order valence-electron chi connectivity index (χ3n) is 5.69. The van der Waals surface area contributed by atoms with Crippen LogP contribution in [0.3, 0.4) is 0 Å². The van der Waals surface area contributed by atoms with Crippen molar-refractivity contribution in [2.75, 3.05) is 19.0 Å². The fraction of sp³-hybridized carbons (Fsp3) is 0.261. The summed E-state index contributed by atoms with van der Waals surface area (Å²) in [5.74, 6) is 0.404. The van der Waals surface area contributed by atoms with E-state index < -0.39 is 18.1 Å². The van der Waals surface area contributed by atoms with Crippen molar-refractivity contribution in [2.24, 2.45) is 11.5 Å². The fourth-order valence-electron chi connectivity index (χ4n) is 4.08. The number of hydrogen-bond donors (Lipinski definition) is 4. The van der Waals surface area contributed by atoms with Gasteiger partial charge >= 0.3 is 12.1 Å². The molecule has 1 aromatic heterocycles. The first-order chi connectivity index (χ1) is 15.9. The molecule has 2 atom stereocenters. The van der Waals surface area contributed by atoms with Gasteiger partial charge in [-0.2, -0.15) is 0 Å². The van der Waals surface area contributed by atoms with Crippen LogP contribution in [0, 0.1) is 0 Å². The molecular weight excluding hydrogens is 424 g/mol. The molecule has 0 bridgehead atoms. The van der Waals surface area contributed by atoms with Gasteiger partial charge < -0.3 is 31.7 Å². The summed E-state index contributed by atoms with van der Waals surface area (Å²) in [4.78, 5) is 39.2. The van der Waals surface area contributed by atoms with Crippen molar-refractivity contribution < 1.29 is 19.1 Å². The van der Waals surface area contributed by atoms with Gasteiger partial charge in [0.2, 0.25) is 5.91 Å². The lowest BCUT2D eigenvalue weighted by atomic mass is 10.1. The highest BCUT2D eigenvalue weighted by atomic mass is 16.5. The van der Waals surface area contributed by atoms with E-state index in [4.69, 9.17) is 16.2 Å². The van der Waals surface area contributed by atoms with Crippen LogP contribution in [0.5, 0.6) is 5.75 Å². The van der Waals surface area contributed by atoms with Gasteiger partial charge in [-0.05, 0) is 30.2 Å². The maximum Gasteiger partial charge on any atom is 0.323 e. The SMILES string of the molecule is COc1cccc(CNC(=O)[C@@H]2C[C@H](N)CN2C(=O)Nc2cn(C(N)=O)c3ccccc23)c1. The highest BCUT2D eigenvalue weighted by Gasteiger charge is 2.38. The molecule has 3 aromatic rings. The molecule has 172 valence electrons. The Bertz CT molecular complexity index is 1210. The molecule has 6 N–H and O–H groups in total. The second-order valence-corrected chi connectivity index (χ2v) is 7.93. The first-order valence-corrected chi connectivity index (χ1v) is 10.5. The summed E-state index contributed by atoms with van der Waals surface area (Å²) >= 11 is 0. The molecule has 10 nitrogen and oxygen atoms in total. The number of nitrogens with two attached hydrogens (primary N) is 2. The van der Waals surface area contributed by atoms with Gasteiger partial charge in [0.1, 0.15) is 11.8 Å². The summed E-state index contributed by atoms with van der Waals surface area (Å²) in [6, 6.07) is 12.3. The minimum atomic E-state index is -0.713. The van der Waals surface area contributed by atoms with E-state index in [0.29, 0.717) is 35.3 Å². The Morgan fingerprint density at radius 2 is 1.94 bits per heavy atom. The van der Waals surface area contributed by atoms with Gasteiger partial charge in [-0.25, -0.2) is 9.59 Å². The number of amides is 4. The molecule has 0 saturated carbocycles. The standard InChI is InChI=1S/C23H26N6O4/c1-33-16-6-4-5-14(9-16)11-26-21(30)20-10-15(24)12-29(20)23(32)27-18-13-28(22(25)31)19-8-3-2-7-17(18)19/h2-9,13,15,20H,10-12,24H2,1H3,(H2,25,31)(H,26,30)(H,27,32)/t15-,20-/m0/s1. The third-order valence-corrected chi connectivity index (χ3v) is 5.69. The quantitative estimate of drug-likeness (QED) is 0.469. The topological polar surface area (TPSA) is 145 Å². The normalized spacial score (nSPS) is 17.7. The van der Waals surface area contributed by atoms with Crippen molar-refractivity contribution in [1.29, 1.82) is 0 Å². The van der Waals surface area contributed by atoms with E-state index in [1.807, 2.05) is 24.3 Å². The molecule has 0 spiro atoms. The maximum atomic E-state index is 13.1. The monoisotopic (exact) mass is 450 g/mol. The Hall–Kier alpha value is -4.05. The number of rotatable bonds is 5. The number of benzene rings is 2. The van der Waals surface area contributed by atoms with Crippen LogP contribution < -0.4 is 26.8 Å². The van der Waals surface area contributed by atoms with E-state index in [-0.39, 0.29) is 18.5 Å². The Morgan fingerprint density at radius 3 is 2.70 bits per heavy atom. The number of likely N-dealkylation sites (tertiary alicyclic amines) is 1. The molecule has 1 aliphatic heterocycles. The van der Waals surface area contributed by atoms with Crippen LogP contribution in [0.1, 0.15) is 12.0 Å². The van der Waals surface area contributed by atoms with E-state index >= 15 is 0 Å². The molecule has 1 fully saturated rings. The van der Waals surface area contributed by atoms with Crippen molar-refractivity contribution in [3.8, 4) is 5.75 Å². The Kier molecular flexibility index (Phi) is 6.18. The minimum Gasteiger partial charge on any atom is -0.497 e. The van der Waals surface area contributed by atoms with Gasteiger partial charge in [-0.1, -0.05) is 30.3 Å². The molecule has 2 heterocycles. The first-order valence-electron chi connectivity index (χ1n) is 10.5. The maximum absolute atomic E-state index is 13.1. The van der Waals surface area contributed by atoms with Crippen LogP contribution in [-0.4, -0.2) is 53.2 Å². The van der Waals surface area contributed by atoms with Gasteiger partial charge in [0.15, 0.2) is 0 Å². The van der Waals surface area contributed by atoms with Crippen LogP contribution in [0.25, 0.3) is 10.9 Å². The number of methoxy groups -OCH3 is 1. The average Bonchev–Trinajstić information content (AvgIpc) is 3.39. The third kappa shape index (κ3) is 4.60. The largest absolute Gasteiger partial charge is 0.497 e. The smallest absolute Gasteiger partial charge is 0.323 e. The Labute approximate surface area is 190 Å². The lowest BCUT2D eigenvalue weighted by Crippen LogP contribution is -2.47. The van der Waals surface area contributed by atoms with Gasteiger partial charge in [0, 0.05) is 30.7 Å². The van der Waals surface area contributed by atoms with Gasteiger partial charge in [0.05, 0.1) is 18.3 Å². The number of primary amides is 1. The van der Waals surface area contributed by atoms with Crippen LogP contribution in [-0.2, 0) is 11.3 Å². The number of para-hydroxylation sites is 1. The van der Waals surface area contributed by atoms with Gasteiger partial charge in [-0.15, -0.1) is 0 Å². The second kappa shape index (κ2) is 9.21. The number of ether oxygens (including phenoxy) is 1. The van der Waals surface area contributed by atoms with E-state index in [9.17, 15) is 14.4 Å². The van der Waals surface area contributed by atoms with E-state index in [1.54, 1.807) is 31.4 Å². The number of urea groups is 1. The lowest BCUT2D eigenvalue weighted by Gasteiger charge is -2.24. The summed E-state index contributed by atoms with van der Waals surface area (Å²) in [6.07, 6.45) is 1.82. The summed E-state index contributed by atoms with van der Waals surface area (Å²) < 4.78 is 6.47. The fourth-order valence-corrected chi connectivity index (χ4v) is 4.08. The number of nitrogens with one attached hydrogen (secondary N) is 2. The molecular formula is C23H26N6O4. The molecule has 1 aliphatic rings. The summed E-state index contributed by atoms with van der Waals surface area (Å²) in [6.45, 7) is 0.529. The summed E-state index contributed by atoms with van der Waals surface area (Å²) in [5, 5.41) is 6.34. The van der Waals surface area contributed by atoms with Crippen molar-refractivity contribution in [1.82, 2.24) is 14.8 Å². The zero-order chi connectivity index (χ0) is 23.5. The molecule has 4 rings (SSSR count). The van der Waals surface area contributed by atoms with Crippen molar-refractivity contribution in [2.45, 2.75) is 25.0 Å². The molecule has 4 amide bonds. The van der Waals surface area contributed by atoms with Crippen molar-refractivity contribution in [3.05, 3.63) is 60.3 Å². The zero-order valence-electron chi connectivity index (χ0n) is 18.2. The molecule has 0 aliphatic carbocycles. The van der Waals surface area contributed by atoms with Crippen LogP contribution in [0.4, 0.5) is 15.3 Å². The Morgan fingerprint density at radius 1 is 1.15 bits per heavy atom. The Balaban J connectivity index is 1.48. The summed E-state index contributed by atoms with van der Waals surface area (Å²) in [5.41, 5.74) is 13.4. The molecule has 0 unspecified atom stereocenters. The molecule has 1 saturated heterocycles. The van der Waals surface area contributed by atoms with E-state index in [2.05, 4.69) is 10.6 Å². The average molecular weight is 450 g/mol. The van der Waals surface area contributed by atoms with Gasteiger partial charge in [-0.3, -0.25) is 9.36 Å². The predicted octanol–water partition coefficient (Wildman–Crippen LogP) is 1.83. The second-order valence-electron chi connectivity index (χ2n) is 7.93. The van der Waals surface area contributed by atoms with Crippen LogP contribution in [0.2, 0.25) is 0 Å². The number of nitrogens with zero attached hydrogens (tertiary/aromatic N) is 2. The molecule has 33 heavy (non-hydrogen) atoms. The number of carbonyl (C=O) groups excluding carboxylic acids is 3. The predicted molar refractivity (Wildman–Crippen MR) is 124 cm³/mol. The first kappa shape index (κ1) is 22.2. The van der Waals surface area contributed by atoms with Gasteiger partial charge in [0.25, 0.3) is 0 Å². The zero-order valence-corrected chi connectivity index (χ0v) is 18.2. The van der Waals surface area contributed by atoms with E-state index in [0.717, 1.165) is 5.56 Å². The number of fused-ring (bicyclic) bond motifs is 1.